The van der Waals surface area contributed by atoms with E-state index >= 15 is 0 Å². The summed E-state index contributed by atoms with van der Waals surface area (Å²) in [6.07, 6.45) is 0.0765. The number of benzene rings is 3. The third kappa shape index (κ3) is 4.67. The van der Waals surface area contributed by atoms with Crippen LogP contribution < -0.4 is 16.0 Å². The van der Waals surface area contributed by atoms with Crippen molar-refractivity contribution in [3.05, 3.63) is 88.4 Å². The van der Waals surface area contributed by atoms with Crippen LogP contribution in [0, 0.1) is 0 Å². The number of nitrogens with zero attached hydrogens (tertiary/aromatic N) is 2. The molecule has 6 rings (SSSR count). The second kappa shape index (κ2) is 10.2. The predicted molar refractivity (Wildman–Crippen MR) is 152 cm³/mol. The van der Waals surface area contributed by atoms with Gasteiger partial charge < -0.3 is 15.4 Å². The van der Waals surface area contributed by atoms with Crippen LogP contribution in [0.3, 0.4) is 0 Å². The first-order valence-electron chi connectivity index (χ1n) is 12.8. The molecule has 9 nitrogen and oxygen atoms in total. The average molecular weight is 577 g/mol. The van der Waals surface area contributed by atoms with Gasteiger partial charge in [0.2, 0.25) is 17.7 Å². The van der Waals surface area contributed by atoms with Gasteiger partial charge in [-0.1, -0.05) is 41.9 Å². The first-order chi connectivity index (χ1) is 19.2. The van der Waals surface area contributed by atoms with Gasteiger partial charge in [-0.05, 0) is 42.0 Å². The summed E-state index contributed by atoms with van der Waals surface area (Å²) in [5, 5.41) is 3.20. The Morgan fingerprint density at radius 1 is 1.10 bits per heavy atom. The third-order valence-electron chi connectivity index (χ3n) is 7.53. The molecule has 0 bridgehead atoms. The minimum Gasteiger partial charge on any atom is -0.436 e. The highest BCUT2D eigenvalue weighted by Crippen LogP contribution is 2.44. The number of amides is 4. The van der Waals surface area contributed by atoms with Gasteiger partial charge in [-0.2, -0.15) is 0 Å². The molecule has 1 spiro atoms. The van der Waals surface area contributed by atoms with Crippen LogP contribution in [0.1, 0.15) is 27.9 Å². The van der Waals surface area contributed by atoms with Gasteiger partial charge >= 0.3 is 6.09 Å². The minimum atomic E-state index is -1.05. The quantitative estimate of drug-likeness (QED) is 0.470. The lowest BCUT2D eigenvalue weighted by atomic mass is 9.90. The number of halogens is 1. The smallest absolute Gasteiger partial charge is 0.412 e. The van der Waals surface area contributed by atoms with E-state index in [2.05, 4.69) is 5.32 Å². The topological polar surface area (TPSA) is 122 Å². The summed E-state index contributed by atoms with van der Waals surface area (Å²) in [4.78, 5) is 55.9. The highest BCUT2D eigenvalue weighted by Gasteiger charge is 2.50. The van der Waals surface area contributed by atoms with Gasteiger partial charge in [0.25, 0.3) is 0 Å². The fraction of sp³-hybridized carbons (Fsp3) is 0.241. The number of likely N-dealkylation sites (tertiary alicyclic amines) is 1. The Bertz CT molecular complexity index is 1550. The molecule has 1 unspecified atom stereocenters. The second-order valence-corrected chi connectivity index (χ2v) is 11.5. The number of primary amides is 1. The van der Waals surface area contributed by atoms with Crippen molar-refractivity contribution in [2.24, 2.45) is 5.73 Å². The highest BCUT2D eigenvalue weighted by atomic mass is 35.5. The summed E-state index contributed by atoms with van der Waals surface area (Å²) < 4.78 is 5.82. The second-order valence-electron chi connectivity index (χ2n) is 10.0. The van der Waals surface area contributed by atoms with E-state index in [-0.39, 0.29) is 30.5 Å². The van der Waals surface area contributed by atoms with Crippen molar-refractivity contribution in [2.45, 2.75) is 29.4 Å². The molecule has 3 N–H and O–H groups in total. The van der Waals surface area contributed by atoms with E-state index in [0.29, 0.717) is 45.4 Å². The molecule has 0 saturated carbocycles. The van der Waals surface area contributed by atoms with E-state index < -0.39 is 23.6 Å². The molecule has 3 aliphatic heterocycles. The molecular weight excluding hydrogens is 552 g/mol. The molecule has 4 amide bonds. The Hall–Kier alpha value is -4.02. The molecule has 0 aliphatic carbocycles. The summed E-state index contributed by atoms with van der Waals surface area (Å²) in [5.41, 5.74) is 7.52. The summed E-state index contributed by atoms with van der Waals surface area (Å²) in [6, 6.07) is 18.7. The molecule has 1 saturated heterocycles. The molecule has 0 radical (unpaired) electrons. The maximum Gasteiger partial charge on any atom is 0.412 e. The molecule has 204 valence electrons. The van der Waals surface area contributed by atoms with Crippen LogP contribution in [0.5, 0.6) is 0 Å². The molecule has 2 atom stereocenters. The maximum atomic E-state index is 14.3. The highest BCUT2D eigenvalue weighted by molar-refractivity contribution is 8.00. The summed E-state index contributed by atoms with van der Waals surface area (Å²) in [5.74, 6) is -0.919. The fourth-order valence-electron chi connectivity index (χ4n) is 5.65. The van der Waals surface area contributed by atoms with E-state index in [0.717, 1.165) is 5.56 Å². The molecule has 3 heterocycles. The van der Waals surface area contributed by atoms with Crippen LogP contribution in [0.2, 0.25) is 5.02 Å². The SMILES string of the molecule is NC(=O)c1ccc2c(c1)SCC(=O)N2[C@@H](Cc1ccccc1)C(=O)N1CCC2(C1)OC(=O)Nc1ccc(Cl)cc12. The fourth-order valence-corrected chi connectivity index (χ4v) is 6.76. The number of nitrogens with one attached hydrogen (secondary N) is 1. The third-order valence-corrected chi connectivity index (χ3v) is 8.80. The molecule has 11 heteroatoms. The Labute approximate surface area is 239 Å². The predicted octanol–water partition coefficient (Wildman–Crippen LogP) is 4.18. The van der Waals surface area contributed by atoms with Crippen molar-refractivity contribution >= 4 is 58.6 Å². The van der Waals surface area contributed by atoms with Crippen LogP contribution in [0.4, 0.5) is 16.2 Å². The number of ether oxygens (including phenoxy) is 1. The zero-order chi connectivity index (χ0) is 28.0. The monoisotopic (exact) mass is 576 g/mol. The number of rotatable bonds is 5. The van der Waals surface area contributed by atoms with Crippen LogP contribution in [-0.4, -0.2) is 53.6 Å². The lowest BCUT2D eigenvalue weighted by molar-refractivity contribution is -0.134. The number of nitrogens with two attached hydrogens (primary N) is 1. The average Bonchev–Trinajstić information content (AvgIpc) is 3.36. The van der Waals surface area contributed by atoms with E-state index in [1.165, 1.54) is 16.7 Å². The van der Waals surface area contributed by atoms with Gasteiger partial charge in [-0.25, -0.2) is 4.79 Å². The van der Waals surface area contributed by atoms with Crippen molar-refractivity contribution in [3.63, 3.8) is 0 Å². The van der Waals surface area contributed by atoms with Gasteiger partial charge in [0.05, 0.1) is 23.7 Å². The van der Waals surface area contributed by atoms with E-state index in [1.807, 2.05) is 30.3 Å². The zero-order valence-corrected chi connectivity index (χ0v) is 22.8. The summed E-state index contributed by atoms with van der Waals surface area (Å²) >= 11 is 7.60. The first-order valence-corrected chi connectivity index (χ1v) is 14.1. The largest absolute Gasteiger partial charge is 0.436 e. The van der Waals surface area contributed by atoms with Gasteiger partial charge in [-0.3, -0.25) is 24.6 Å². The molecule has 1 fully saturated rings. The van der Waals surface area contributed by atoms with E-state index in [9.17, 15) is 19.2 Å². The van der Waals surface area contributed by atoms with Crippen molar-refractivity contribution < 1.29 is 23.9 Å². The van der Waals surface area contributed by atoms with Crippen molar-refractivity contribution in [3.8, 4) is 0 Å². The maximum absolute atomic E-state index is 14.3. The van der Waals surface area contributed by atoms with Crippen molar-refractivity contribution in [2.75, 3.05) is 29.1 Å². The lowest BCUT2D eigenvalue weighted by Gasteiger charge is -2.38. The Morgan fingerprint density at radius 2 is 1.90 bits per heavy atom. The lowest BCUT2D eigenvalue weighted by Crippen LogP contribution is -2.54. The number of hydrogen-bond acceptors (Lipinski definition) is 6. The summed E-state index contributed by atoms with van der Waals surface area (Å²) in [6.45, 7) is 0.454. The normalized spacial score (nSPS) is 20.4. The van der Waals surface area contributed by atoms with Gasteiger partial charge in [0.1, 0.15) is 6.04 Å². The Kier molecular flexibility index (Phi) is 6.67. The number of carbonyl (C=O) groups is 4. The minimum absolute atomic E-state index is 0.118. The van der Waals surface area contributed by atoms with Gasteiger partial charge in [0, 0.05) is 40.4 Å². The van der Waals surface area contributed by atoms with Crippen LogP contribution in [0.15, 0.2) is 71.6 Å². The molecular formula is C29H25ClN4O5S. The van der Waals surface area contributed by atoms with Gasteiger partial charge in [0.15, 0.2) is 5.60 Å². The van der Waals surface area contributed by atoms with Crippen LogP contribution in [0.25, 0.3) is 0 Å². The molecule has 3 aromatic rings. The first kappa shape index (κ1) is 26.2. The number of thioether (sulfide) groups is 1. The van der Waals surface area contributed by atoms with Crippen molar-refractivity contribution in [1.29, 1.82) is 0 Å². The van der Waals surface area contributed by atoms with Crippen LogP contribution in [-0.2, 0) is 26.3 Å². The van der Waals surface area contributed by atoms with Crippen LogP contribution >= 0.6 is 23.4 Å². The molecule has 0 aromatic heterocycles. The number of carbonyl (C=O) groups excluding carboxylic acids is 4. The van der Waals surface area contributed by atoms with E-state index in [1.54, 1.807) is 41.3 Å². The standard InChI is InChI=1S/C29H25ClN4O5S/c30-19-7-8-21-20(14-19)29(39-28(38)32-21)10-11-33(16-29)27(37)23(12-17-4-2-1-3-5-17)34-22-9-6-18(26(31)36)13-24(22)40-15-25(34)35/h1-9,13-14,23H,10-12,15-16H2,(H2,31,36)(H,32,38)/t23-,29?/m0/s1. The van der Waals surface area contributed by atoms with Crippen molar-refractivity contribution in [1.82, 2.24) is 4.90 Å². The number of anilines is 2. The Morgan fingerprint density at radius 3 is 2.67 bits per heavy atom. The molecule has 40 heavy (non-hydrogen) atoms. The summed E-state index contributed by atoms with van der Waals surface area (Å²) in [7, 11) is 0. The zero-order valence-electron chi connectivity index (χ0n) is 21.3. The van der Waals surface area contributed by atoms with E-state index in [4.69, 9.17) is 22.1 Å². The number of fused-ring (bicyclic) bond motifs is 3. The molecule has 3 aliphatic rings. The molecule has 3 aromatic carbocycles. The number of hydrogen-bond donors (Lipinski definition) is 2. The Balaban J connectivity index is 1.37. The van der Waals surface area contributed by atoms with Gasteiger partial charge in [-0.15, -0.1) is 11.8 Å².